The molecular formula is C26H28N2O8. The second kappa shape index (κ2) is 13.0. The first-order valence-corrected chi connectivity index (χ1v) is 11.3. The number of carbonyl (C=O) groups excluding carboxylic acids is 1. The van der Waals surface area contributed by atoms with Crippen LogP contribution in [0.1, 0.15) is 29.9 Å². The normalized spacial score (nSPS) is 12.6. The van der Waals surface area contributed by atoms with E-state index in [1.165, 1.54) is 0 Å². The fourth-order valence-corrected chi connectivity index (χ4v) is 3.43. The first kappa shape index (κ1) is 26.3. The third-order valence-corrected chi connectivity index (χ3v) is 5.30. The molecule has 2 aromatic carbocycles. The van der Waals surface area contributed by atoms with Crippen molar-refractivity contribution in [2.45, 2.75) is 26.1 Å². The number of carbonyl (C=O) groups is 3. The van der Waals surface area contributed by atoms with E-state index in [-0.39, 0.29) is 18.5 Å². The van der Waals surface area contributed by atoms with Crippen LogP contribution in [0.5, 0.6) is 11.5 Å². The molecule has 4 rings (SSSR count). The standard InChI is InChI=1S/C24H26N2O4.C2H2O4/c1-18(20-9-10-22-23(14-20)30-13-12-29-22)25-15-24(27)26(17-21-8-5-11-28-21)16-19-6-3-2-4-7-19;3-1(4)2(5)6/h2-11,14,18,25H,12-13,15-17H2,1H3;(H,3,4)(H,5,6). The van der Waals surface area contributed by atoms with Gasteiger partial charge in [-0.05, 0) is 42.3 Å². The highest BCUT2D eigenvalue weighted by atomic mass is 16.6. The summed E-state index contributed by atoms with van der Waals surface area (Å²) >= 11 is 0. The molecule has 0 radical (unpaired) electrons. The molecule has 1 atom stereocenters. The summed E-state index contributed by atoms with van der Waals surface area (Å²) in [5.74, 6) is -1.35. The van der Waals surface area contributed by atoms with Crippen LogP contribution in [0.2, 0.25) is 0 Å². The summed E-state index contributed by atoms with van der Waals surface area (Å²) < 4.78 is 16.7. The van der Waals surface area contributed by atoms with E-state index in [0.717, 1.165) is 28.4 Å². The van der Waals surface area contributed by atoms with Crippen LogP contribution in [0.4, 0.5) is 0 Å². The third-order valence-electron chi connectivity index (χ3n) is 5.30. The molecule has 0 aliphatic carbocycles. The van der Waals surface area contributed by atoms with Crippen LogP contribution in [0.25, 0.3) is 0 Å². The molecule has 0 spiro atoms. The zero-order valence-electron chi connectivity index (χ0n) is 19.8. The van der Waals surface area contributed by atoms with Crippen LogP contribution in [0, 0.1) is 0 Å². The first-order chi connectivity index (χ1) is 17.3. The molecular weight excluding hydrogens is 468 g/mol. The van der Waals surface area contributed by atoms with Gasteiger partial charge in [0.15, 0.2) is 11.5 Å². The Kier molecular flexibility index (Phi) is 9.47. The van der Waals surface area contributed by atoms with Crippen LogP contribution in [0.15, 0.2) is 71.3 Å². The summed E-state index contributed by atoms with van der Waals surface area (Å²) in [6, 6.07) is 19.6. The van der Waals surface area contributed by atoms with Gasteiger partial charge in [-0.15, -0.1) is 0 Å². The number of amides is 1. The van der Waals surface area contributed by atoms with E-state index in [1.54, 1.807) is 11.2 Å². The number of ether oxygens (including phenoxy) is 2. The summed E-state index contributed by atoms with van der Waals surface area (Å²) in [6.07, 6.45) is 1.63. The minimum Gasteiger partial charge on any atom is -0.486 e. The SMILES string of the molecule is CC(NCC(=O)N(Cc1ccccc1)Cc1ccco1)c1ccc2c(c1)OCCO2.O=C(O)C(=O)O. The first-order valence-electron chi connectivity index (χ1n) is 11.3. The summed E-state index contributed by atoms with van der Waals surface area (Å²) in [7, 11) is 0. The molecule has 0 saturated heterocycles. The average Bonchev–Trinajstić information content (AvgIpc) is 3.40. The molecule has 0 fully saturated rings. The van der Waals surface area contributed by atoms with Crippen molar-refractivity contribution in [3.8, 4) is 11.5 Å². The molecule has 0 saturated carbocycles. The predicted molar refractivity (Wildman–Crippen MR) is 129 cm³/mol. The molecule has 10 nitrogen and oxygen atoms in total. The van der Waals surface area contributed by atoms with Crippen LogP contribution >= 0.6 is 0 Å². The molecule has 3 aromatic rings. The molecule has 1 aliphatic rings. The quantitative estimate of drug-likeness (QED) is 0.402. The topological polar surface area (TPSA) is 139 Å². The molecule has 1 unspecified atom stereocenters. The van der Waals surface area contributed by atoms with E-state index in [0.29, 0.717) is 26.3 Å². The summed E-state index contributed by atoms with van der Waals surface area (Å²) in [5.41, 5.74) is 2.13. The highest BCUT2D eigenvalue weighted by molar-refractivity contribution is 6.27. The molecule has 0 bridgehead atoms. The molecule has 1 aromatic heterocycles. The van der Waals surface area contributed by atoms with Crippen LogP contribution < -0.4 is 14.8 Å². The maximum atomic E-state index is 13.0. The Bertz CT molecular complexity index is 1140. The minimum absolute atomic E-state index is 0.00744. The van der Waals surface area contributed by atoms with Crippen molar-refractivity contribution in [2.75, 3.05) is 19.8 Å². The van der Waals surface area contributed by atoms with Crippen LogP contribution in [-0.2, 0) is 27.5 Å². The number of carboxylic acid groups (broad SMARTS) is 2. The Morgan fingerprint density at radius 2 is 1.61 bits per heavy atom. The predicted octanol–water partition coefficient (Wildman–Crippen LogP) is 3.09. The molecule has 1 aliphatic heterocycles. The minimum atomic E-state index is -1.82. The smallest absolute Gasteiger partial charge is 0.414 e. The number of rotatable bonds is 8. The molecule has 190 valence electrons. The van der Waals surface area contributed by atoms with Gasteiger partial charge in [-0.2, -0.15) is 0 Å². The number of furan rings is 1. The molecule has 2 heterocycles. The molecule has 1 amide bonds. The second-order valence-corrected chi connectivity index (χ2v) is 7.93. The van der Waals surface area contributed by atoms with Gasteiger partial charge in [0.2, 0.25) is 5.91 Å². The summed E-state index contributed by atoms with van der Waals surface area (Å²) in [4.78, 5) is 33.0. The number of benzene rings is 2. The maximum Gasteiger partial charge on any atom is 0.414 e. The van der Waals surface area contributed by atoms with Gasteiger partial charge in [0, 0.05) is 12.6 Å². The van der Waals surface area contributed by atoms with E-state index in [1.807, 2.05) is 67.6 Å². The monoisotopic (exact) mass is 496 g/mol. The number of aliphatic carboxylic acids is 2. The van der Waals surface area contributed by atoms with E-state index in [2.05, 4.69) is 5.32 Å². The van der Waals surface area contributed by atoms with Crippen molar-refractivity contribution in [3.63, 3.8) is 0 Å². The molecule has 36 heavy (non-hydrogen) atoms. The van der Waals surface area contributed by atoms with E-state index in [4.69, 9.17) is 33.7 Å². The maximum absolute atomic E-state index is 13.0. The Balaban J connectivity index is 0.000000538. The van der Waals surface area contributed by atoms with E-state index in [9.17, 15) is 4.79 Å². The number of hydrogen-bond donors (Lipinski definition) is 3. The Morgan fingerprint density at radius 1 is 0.917 bits per heavy atom. The number of carboxylic acids is 2. The molecule has 10 heteroatoms. The van der Waals surface area contributed by atoms with Gasteiger partial charge in [-0.1, -0.05) is 36.4 Å². The fourth-order valence-electron chi connectivity index (χ4n) is 3.43. The average molecular weight is 497 g/mol. The van der Waals surface area contributed by atoms with Gasteiger partial charge >= 0.3 is 11.9 Å². The Morgan fingerprint density at radius 3 is 2.25 bits per heavy atom. The lowest BCUT2D eigenvalue weighted by molar-refractivity contribution is -0.159. The summed E-state index contributed by atoms with van der Waals surface area (Å²) in [5, 5.41) is 18.1. The summed E-state index contributed by atoms with van der Waals surface area (Å²) in [6.45, 7) is 4.34. The second-order valence-electron chi connectivity index (χ2n) is 7.93. The number of nitrogens with one attached hydrogen (secondary N) is 1. The number of fused-ring (bicyclic) bond motifs is 1. The van der Waals surface area contributed by atoms with Crippen molar-refractivity contribution >= 4 is 17.8 Å². The lowest BCUT2D eigenvalue weighted by Crippen LogP contribution is -2.38. The van der Waals surface area contributed by atoms with Crippen LogP contribution in [0.3, 0.4) is 0 Å². The van der Waals surface area contributed by atoms with Crippen molar-refractivity contribution < 1.29 is 38.5 Å². The van der Waals surface area contributed by atoms with Crippen molar-refractivity contribution in [1.29, 1.82) is 0 Å². The van der Waals surface area contributed by atoms with Gasteiger partial charge in [-0.3, -0.25) is 4.79 Å². The highest BCUT2D eigenvalue weighted by Crippen LogP contribution is 2.32. The van der Waals surface area contributed by atoms with Crippen molar-refractivity contribution in [1.82, 2.24) is 10.2 Å². The van der Waals surface area contributed by atoms with Gasteiger partial charge in [0.05, 0.1) is 19.4 Å². The number of nitrogens with zero attached hydrogens (tertiary/aromatic N) is 1. The Labute approximate surface area is 208 Å². The van der Waals surface area contributed by atoms with Gasteiger partial charge in [0.1, 0.15) is 19.0 Å². The zero-order valence-corrected chi connectivity index (χ0v) is 19.8. The Hall–Kier alpha value is -4.31. The van der Waals surface area contributed by atoms with Gasteiger partial charge in [0.25, 0.3) is 0 Å². The number of hydrogen-bond acceptors (Lipinski definition) is 7. The van der Waals surface area contributed by atoms with E-state index < -0.39 is 11.9 Å². The third kappa shape index (κ3) is 7.88. The molecule has 3 N–H and O–H groups in total. The highest BCUT2D eigenvalue weighted by Gasteiger charge is 2.19. The van der Waals surface area contributed by atoms with Crippen molar-refractivity contribution in [3.05, 3.63) is 83.8 Å². The van der Waals surface area contributed by atoms with Gasteiger partial charge in [-0.25, -0.2) is 9.59 Å². The van der Waals surface area contributed by atoms with Crippen molar-refractivity contribution in [2.24, 2.45) is 0 Å². The lowest BCUT2D eigenvalue weighted by Gasteiger charge is -2.24. The lowest BCUT2D eigenvalue weighted by atomic mass is 10.1. The zero-order chi connectivity index (χ0) is 25.9. The fraction of sp³-hybridized carbons (Fsp3) is 0.269. The van der Waals surface area contributed by atoms with Gasteiger partial charge < -0.3 is 34.3 Å². The van der Waals surface area contributed by atoms with E-state index >= 15 is 0 Å². The largest absolute Gasteiger partial charge is 0.486 e. The van der Waals surface area contributed by atoms with Crippen LogP contribution in [-0.4, -0.2) is 52.7 Å².